The van der Waals surface area contributed by atoms with Crippen molar-refractivity contribution in [2.24, 2.45) is 11.7 Å². The number of nitrogens with two attached hydrogens (primary N) is 1. The van der Waals surface area contributed by atoms with Gasteiger partial charge in [-0.1, -0.05) is 20.3 Å². The van der Waals surface area contributed by atoms with Crippen molar-refractivity contribution in [1.29, 1.82) is 0 Å². The van der Waals surface area contributed by atoms with Crippen molar-refractivity contribution in [2.75, 3.05) is 13.1 Å². The second kappa shape index (κ2) is 4.80. The number of imide groups is 1. The summed E-state index contributed by atoms with van der Waals surface area (Å²) < 4.78 is 0. The Morgan fingerprint density at radius 2 is 2.21 bits per heavy atom. The van der Waals surface area contributed by atoms with Crippen LogP contribution in [0, 0.1) is 5.92 Å². The summed E-state index contributed by atoms with van der Waals surface area (Å²) >= 11 is 0. The molecule has 19 heavy (non-hydrogen) atoms. The lowest BCUT2D eigenvalue weighted by Gasteiger charge is -2.25. The van der Waals surface area contributed by atoms with Crippen molar-refractivity contribution in [3.05, 3.63) is 0 Å². The molecule has 7 heteroatoms. The van der Waals surface area contributed by atoms with E-state index < -0.39 is 17.6 Å². The van der Waals surface area contributed by atoms with Crippen LogP contribution in [0.25, 0.3) is 0 Å². The lowest BCUT2D eigenvalue weighted by molar-refractivity contribution is -0.133. The average molecular weight is 268 g/mol. The predicted octanol–water partition coefficient (Wildman–Crippen LogP) is -0.830. The first-order valence-corrected chi connectivity index (χ1v) is 6.57. The van der Waals surface area contributed by atoms with E-state index in [1.807, 2.05) is 13.8 Å². The Labute approximate surface area is 111 Å². The molecule has 0 aromatic heterocycles. The largest absolute Gasteiger partial charge is 0.338 e. The summed E-state index contributed by atoms with van der Waals surface area (Å²) in [5.41, 5.74) is 4.96. The molecule has 2 saturated heterocycles. The molecule has 0 saturated carbocycles. The number of rotatable bonds is 3. The van der Waals surface area contributed by atoms with E-state index in [9.17, 15) is 14.4 Å². The smallest absolute Gasteiger partial charge is 0.322 e. The Kier molecular flexibility index (Phi) is 3.49. The fourth-order valence-corrected chi connectivity index (χ4v) is 2.52. The van der Waals surface area contributed by atoms with Crippen LogP contribution in [0.15, 0.2) is 0 Å². The van der Waals surface area contributed by atoms with E-state index in [2.05, 4.69) is 10.6 Å². The van der Waals surface area contributed by atoms with E-state index in [-0.39, 0.29) is 24.3 Å². The monoisotopic (exact) mass is 268 g/mol. The number of nitrogens with one attached hydrogen (secondary N) is 2. The van der Waals surface area contributed by atoms with E-state index in [1.165, 1.54) is 0 Å². The minimum atomic E-state index is -0.956. The first kappa shape index (κ1) is 13.8. The van der Waals surface area contributed by atoms with Gasteiger partial charge in [-0.05, 0) is 12.3 Å². The number of urea groups is 1. The molecule has 106 valence electrons. The Bertz CT molecular complexity index is 425. The van der Waals surface area contributed by atoms with Gasteiger partial charge >= 0.3 is 6.03 Å². The maximum atomic E-state index is 12.2. The van der Waals surface area contributed by atoms with Crippen LogP contribution in [-0.4, -0.2) is 47.4 Å². The quantitative estimate of drug-likeness (QED) is 0.581. The summed E-state index contributed by atoms with van der Waals surface area (Å²) in [4.78, 5) is 36.8. The first-order chi connectivity index (χ1) is 8.89. The third-order valence-electron chi connectivity index (χ3n) is 4.14. The van der Waals surface area contributed by atoms with Gasteiger partial charge in [0.1, 0.15) is 5.54 Å². The third-order valence-corrected chi connectivity index (χ3v) is 4.14. The molecular formula is C12H20N4O3. The standard InChI is InChI=1S/C12H20N4O3/c1-3-7(2)8(13)9(17)16-5-4-12(6-16)10(18)14-11(19)15-12/h7-8H,3-6,13H2,1-2H3,(H2,14,15,18,19)/t7?,8-,12?/m0/s1. The van der Waals surface area contributed by atoms with Crippen LogP contribution in [0.1, 0.15) is 26.7 Å². The summed E-state index contributed by atoms with van der Waals surface area (Å²) in [6.07, 6.45) is 1.26. The summed E-state index contributed by atoms with van der Waals surface area (Å²) in [5, 5.41) is 4.83. The van der Waals surface area contributed by atoms with Crippen molar-refractivity contribution in [3.63, 3.8) is 0 Å². The number of nitrogens with zero attached hydrogens (tertiary/aromatic N) is 1. The Hall–Kier alpha value is -1.63. The molecule has 0 bridgehead atoms. The molecule has 0 aromatic carbocycles. The average Bonchev–Trinajstić information content (AvgIpc) is 2.92. The van der Waals surface area contributed by atoms with Crippen molar-refractivity contribution >= 4 is 17.8 Å². The lowest BCUT2D eigenvalue weighted by atomic mass is 9.98. The number of hydrogen-bond donors (Lipinski definition) is 3. The van der Waals surface area contributed by atoms with Crippen molar-refractivity contribution in [3.8, 4) is 0 Å². The van der Waals surface area contributed by atoms with E-state index in [1.54, 1.807) is 4.90 Å². The summed E-state index contributed by atoms with van der Waals surface area (Å²) in [6.45, 7) is 4.55. The third kappa shape index (κ3) is 2.30. The maximum absolute atomic E-state index is 12.2. The van der Waals surface area contributed by atoms with Gasteiger partial charge in [-0.25, -0.2) is 4.79 Å². The van der Waals surface area contributed by atoms with Crippen LogP contribution in [0.4, 0.5) is 4.79 Å². The minimum absolute atomic E-state index is 0.0936. The molecule has 7 nitrogen and oxygen atoms in total. The zero-order chi connectivity index (χ0) is 14.2. The number of amides is 4. The van der Waals surface area contributed by atoms with Gasteiger partial charge in [-0.3, -0.25) is 14.9 Å². The van der Waals surface area contributed by atoms with E-state index in [0.29, 0.717) is 13.0 Å². The molecule has 3 atom stereocenters. The Balaban J connectivity index is 2.04. The van der Waals surface area contributed by atoms with Crippen LogP contribution in [0.5, 0.6) is 0 Å². The normalized spacial score (nSPS) is 29.3. The van der Waals surface area contributed by atoms with Gasteiger partial charge in [-0.15, -0.1) is 0 Å². The fourth-order valence-electron chi connectivity index (χ4n) is 2.52. The maximum Gasteiger partial charge on any atom is 0.322 e. The summed E-state index contributed by atoms with van der Waals surface area (Å²) in [7, 11) is 0. The summed E-state index contributed by atoms with van der Waals surface area (Å²) in [5.74, 6) is -0.416. The van der Waals surface area contributed by atoms with Gasteiger partial charge in [0.2, 0.25) is 5.91 Å². The highest BCUT2D eigenvalue weighted by Gasteiger charge is 2.52. The molecular weight excluding hydrogens is 248 g/mol. The van der Waals surface area contributed by atoms with Gasteiger partial charge in [0.25, 0.3) is 5.91 Å². The van der Waals surface area contributed by atoms with Crippen molar-refractivity contribution in [2.45, 2.75) is 38.3 Å². The second-order valence-electron chi connectivity index (χ2n) is 5.41. The highest BCUT2D eigenvalue weighted by atomic mass is 16.2. The molecule has 2 unspecified atom stereocenters. The number of hydrogen-bond acceptors (Lipinski definition) is 4. The van der Waals surface area contributed by atoms with Gasteiger partial charge in [0.05, 0.1) is 12.6 Å². The summed E-state index contributed by atoms with van der Waals surface area (Å²) in [6, 6.07) is -1.05. The molecule has 2 aliphatic rings. The number of carbonyl (C=O) groups excluding carboxylic acids is 3. The molecule has 0 radical (unpaired) electrons. The molecule has 0 aromatic rings. The van der Waals surface area contributed by atoms with E-state index in [4.69, 9.17) is 5.73 Å². The number of carbonyl (C=O) groups is 3. The van der Waals surface area contributed by atoms with Crippen LogP contribution >= 0.6 is 0 Å². The van der Waals surface area contributed by atoms with Crippen LogP contribution in [0.2, 0.25) is 0 Å². The topological polar surface area (TPSA) is 105 Å². The molecule has 4 amide bonds. The number of likely N-dealkylation sites (tertiary alicyclic amines) is 1. The highest BCUT2D eigenvalue weighted by molar-refractivity contribution is 6.07. The van der Waals surface area contributed by atoms with E-state index >= 15 is 0 Å². The predicted molar refractivity (Wildman–Crippen MR) is 68.0 cm³/mol. The van der Waals surface area contributed by atoms with Crippen molar-refractivity contribution in [1.82, 2.24) is 15.5 Å². The molecule has 1 spiro atoms. The minimum Gasteiger partial charge on any atom is -0.338 e. The molecule has 2 heterocycles. The van der Waals surface area contributed by atoms with Gasteiger partial charge in [0.15, 0.2) is 0 Å². The lowest BCUT2D eigenvalue weighted by Crippen LogP contribution is -2.52. The molecule has 4 N–H and O–H groups in total. The fraction of sp³-hybridized carbons (Fsp3) is 0.750. The first-order valence-electron chi connectivity index (χ1n) is 6.57. The van der Waals surface area contributed by atoms with Gasteiger partial charge < -0.3 is 16.0 Å². The Morgan fingerprint density at radius 1 is 1.53 bits per heavy atom. The van der Waals surface area contributed by atoms with Crippen LogP contribution < -0.4 is 16.4 Å². The zero-order valence-corrected chi connectivity index (χ0v) is 11.2. The molecule has 2 aliphatic heterocycles. The molecule has 2 rings (SSSR count). The van der Waals surface area contributed by atoms with Crippen LogP contribution in [0.3, 0.4) is 0 Å². The second-order valence-corrected chi connectivity index (χ2v) is 5.41. The molecule has 2 fully saturated rings. The Morgan fingerprint density at radius 3 is 2.74 bits per heavy atom. The molecule has 0 aliphatic carbocycles. The van der Waals surface area contributed by atoms with E-state index in [0.717, 1.165) is 6.42 Å². The highest BCUT2D eigenvalue weighted by Crippen LogP contribution is 2.25. The van der Waals surface area contributed by atoms with Gasteiger partial charge in [-0.2, -0.15) is 0 Å². The van der Waals surface area contributed by atoms with Gasteiger partial charge in [0, 0.05) is 6.54 Å². The zero-order valence-electron chi connectivity index (χ0n) is 11.2. The van der Waals surface area contributed by atoms with Crippen molar-refractivity contribution < 1.29 is 14.4 Å². The SMILES string of the molecule is CCC(C)[C@H](N)C(=O)N1CCC2(C1)NC(=O)NC2=O. The van der Waals surface area contributed by atoms with Crippen LogP contribution in [-0.2, 0) is 9.59 Å².